The molecule has 0 saturated heterocycles. The molecular weight excluding hydrogens is 369 g/mol. The maximum atomic E-state index is 13.2. The molecule has 2 amide bonds. The largest absolute Gasteiger partial charge is 0.353 e. The van der Waals surface area contributed by atoms with E-state index in [1.807, 2.05) is 41.8 Å². The normalized spacial score (nSPS) is 11.0. The van der Waals surface area contributed by atoms with Crippen LogP contribution < -0.4 is 0 Å². The first kappa shape index (κ1) is 22.7. The van der Waals surface area contributed by atoms with Gasteiger partial charge in [-0.2, -0.15) is 0 Å². The second-order valence-corrected chi connectivity index (χ2v) is 7.87. The van der Waals surface area contributed by atoms with Crippen molar-refractivity contribution in [1.82, 2.24) is 14.4 Å². The number of carbonyl (C=O) groups excluding carboxylic acids is 2. The van der Waals surface area contributed by atoms with Crippen LogP contribution in [0.1, 0.15) is 49.7 Å². The molecule has 0 atom stereocenters. The number of amides is 2. The first-order chi connectivity index (χ1) is 13.8. The summed E-state index contributed by atoms with van der Waals surface area (Å²) in [6, 6.07) is 9.44. The van der Waals surface area contributed by atoms with Crippen LogP contribution in [0.25, 0.3) is 0 Å². The summed E-state index contributed by atoms with van der Waals surface area (Å²) in [6.45, 7) is 7.84. The summed E-state index contributed by atoms with van der Waals surface area (Å²) < 4.78 is 15.2. The van der Waals surface area contributed by atoms with Crippen molar-refractivity contribution in [1.29, 1.82) is 0 Å². The maximum Gasteiger partial charge on any atom is 0.254 e. The van der Waals surface area contributed by atoms with E-state index >= 15 is 0 Å². The van der Waals surface area contributed by atoms with Gasteiger partial charge in [0, 0.05) is 37.6 Å². The van der Waals surface area contributed by atoms with Gasteiger partial charge in [-0.25, -0.2) is 4.39 Å². The number of unbranched alkanes of at least 4 members (excludes halogenated alkanes) is 1. The third kappa shape index (κ3) is 6.73. The Morgan fingerprint density at radius 2 is 1.79 bits per heavy atom. The fraction of sp³-hybridized carbons (Fsp3) is 0.478. The predicted octanol–water partition coefficient (Wildman–Crippen LogP) is 4.09. The van der Waals surface area contributed by atoms with Crippen LogP contribution in [0.5, 0.6) is 0 Å². The summed E-state index contributed by atoms with van der Waals surface area (Å²) in [5.74, 6) is -0.388. The van der Waals surface area contributed by atoms with E-state index in [1.165, 1.54) is 24.3 Å². The molecule has 0 saturated carbocycles. The van der Waals surface area contributed by atoms with Crippen LogP contribution in [0.3, 0.4) is 0 Å². The summed E-state index contributed by atoms with van der Waals surface area (Å²) in [5, 5.41) is 0. The molecule has 0 radical (unpaired) electrons. The number of hydrogen-bond acceptors (Lipinski definition) is 2. The molecule has 1 aromatic heterocycles. The van der Waals surface area contributed by atoms with Crippen molar-refractivity contribution in [3.63, 3.8) is 0 Å². The third-order valence-corrected chi connectivity index (χ3v) is 4.83. The Bertz CT molecular complexity index is 799. The number of rotatable bonds is 10. The SMILES string of the molecule is CCCCN(CC(=O)N(Cc1cccn1C)CC(C)C)C(=O)c1ccc(F)cc1. The average Bonchev–Trinajstić information content (AvgIpc) is 3.08. The lowest BCUT2D eigenvalue weighted by Crippen LogP contribution is -2.44. The van der Waals surface area contributed by atoms with Gasteiger partial charge in [-0.05, 0) is 48.7 Å². The Labute approximate surface area is 173 Å². The lowest BCUT2D eigenvalue weighted by molar-refractivity contribution is -0.133. The summed E-state index contributed by atoms with van der Waals surface area (Å²) >= 11 is 0. The first-order valence-corrected chi connectivity index (χ1v) is 10.2. The van der Waals surface area contributed by atoms with Gasteiger partial charge in [-0.3, -0.25) is 9.59 Å². The molecule has 0 aliphatic rings. The van der Waals surface area contributed by atoms with Crippen LogP contribution in [-0.2, 0) is 18.4 Å². The fourth-order valence-corrected chi connectivity index (χ4v) is 3.19. The van der Waals surface area contributed by atoms with Gasteiger partial charge < -0.3 is 14.4 Å². The molecule has 1 aromatic carbocycles. The van der Waals surface area contributed by atoms with Crippen LogP contribution in [0.15, 0.2) is 42.6 Å². The monoisotopic (exact) mass is 401 g/mol. The fourth-order valence-electron chi connectivity index (χ4n) is 3.19. The number of aryl methyl sites for hydroxylation is 1. The van der Waals surface area contributed by atoms with E-state index in [9.17, 15) is 14.0 Å². The molecule has 1 heterocycles. The molecule has 0 fully saturated rings. The van der Waals surface area contributed by atoms with E-state index in [4.69, 9.17) is 0 Å². The highest BCUT2D eigenvalue weighted by Gasteiger charge is 2.23. The van der Waals surface area contributed by atoms with E-state index in [1.54, 1.807) is 4.90 Å². The molecule has 0 N–H and O–H groups in total. The molecule has 29 heavy (non-hydrogen) atoms. The van der Waals surface area contributed by atoms with Crippen molar-refractivity contribution in [2.75, 3.05) is 19.6 Å². The molecule has 0 aliphatic carbocycles. The van der Waals surface area contributed by atoms with Gasteiger partial charge in [0.2, 0.25) is 5.91 Å². The van der Waals surface area contributed by atoms with Crippen molar-refractivity contribution in [3.05, 3.63) is 59.7 Å². The topological polar surface area (TPSA) is 45.6 Å². The van der Waals surface area contributed by atoms with Crippen molar-refractivity contribution in [3.8, 4) is 0 Å². The van der Waals surface area contributed by atoms with E-state index in [2.05, 4.69) is 13.8 Å². The average molecular weight is 402 g/mol. The van der Waals surface area contributed by atoms with Crippen LogP contribution >= 0.6 is 0 Å². The van der Waals surface area contributed by atoms with E-state index in [-0.39, 0.29) is 24.2 Å². The molecule has 2 aromatic rings. The van der Waals surface area contributed by atoms with Gasteiger partial charge in [0.05, 0.1) is 6.54 Å². The van der Waals surface area contributed by atoms with Gasteiger partial charge >= 0.3 is 0 Å². The minimum Gasteiger partial charge on any atom is -0.353 e. The third-order valence-electron chi connectivity index (χ3n) is 4.83. The van der Waals surface area contributed by atoms with E-state index < -0.39 is 0 Å². The van der Waals surface area contributed by atoms with Gasteiger partial charge in [0.25, 0.3) is 5.91 Å². The van der Waals surface area contributed by atoms with Crippen LogP contribution in [0.4, 0.5) is 4.39 Å². The van der Waals surface area contributed by atoms with Crippen molar-refractivity contribution >= 4 is 11.8 Å². The number of benzene rings is 1. The minimum atomic E-state index is -0.386. The van der Waals surface area contributed by atoms with Gasteiger partial charge in [0.15, 0.2) is 0 Å². The summed E-state index contributed by atoms with van der Waals surface area (Å²) in [5.41, 5.74) is 1.44. The zero-order valence-corrected chi connectivity index (χ0v) is 17.9. The molecule has 0 aliphatic heterocycles. The minimum absolute atomic E-state index is 0.0212. The molecule has 2 rings (SSSR count). The highest BCUT2D eigenvalue weighted by Crippen LogP contribution is 2.12. The summed E-state index contributed by atoms with van der Waals surface area (Å²) in [4.78, 5) is 29.5. The number of halogens is 1. The van der Waals surface area contributed by atoms with E-state index in [0.29, 0.717) is 31.1 Å². The zero-order valence-electron chi connectivity index (χ0n) is 17.9. The van der Waals surface area contributed by atoms with Gasteiger partial charge in [-0.15, -0.1) is 0 Å². The lowest BCUT2D eigenvalue weighted by Gasteiger charge is -2.29. The van der Waals surface area contributed by atoms with Gasteiger partial charge in [0.1, 0.15) is 12.4 Å². The highest BCUT2D eigenvalue weighted by atomic mass is 19.1. The zero-order chi connectivity index (χ0) is 21.4. The second-order valence-electron chi connectivity index (χ2n) is 7.87. The highest BCUT2D eigenvalue weighted by molar-refractivity contribution is 5.96. The standard InChI is InChI=1S/C23H32FN3O2/c1-5-6-14-26(23(29)19-9-11-20(24)12-10-19)17-22(28)27(15-18(2)3)16-21-8-7-13-25(21)4/h7-13,18H,5-6,14-17H2,1-4H3. The lowest BCUT2D eigenvalue weighted by atomic mass is 10.1. The van der Waals surface area contributed by atoms with Crippen LogP contribution in [0.2, 0.25) is 0 Å². The quantitative estimate of drug-likeness (QED) is 0.602. The molecule has 5 nitrogen and oxygen atoms in total. The number of hydrogen-bond donors (Lipinski definition) is 0. The molecule has 0 unspecified atom stereocenters. The Kier molecular flexibility index (Phi) is 8.43. The molecule has 158 valence electrons. The smallest absolute Gasteiger partial charge is 0.254 e. The Balaban J connectivity index is 2.17. The Morgan fingerprint density at radius 3 is 2.34 bits per heavy atom. The maximum absolute atomic E-state index is 13.2. The van der Waals surface area contributed by atoms with Crippen molar-refractivity contribution < 1.29 is 14.0 Å². The van der Waals surface area contributed by atoms with Crippen molar-refractivity contribution in [2.45, 2.75) is 40.2 Å². The summed E-state index contributed by atoms with van der Waals surface area (Å²) in [7, 11) is 1.96. The number of nitrogens with zero attached hydrogens (tertiary/aromatic N) is 3. The molecular formula is C23H32FN3O2. The van der Waals surface area contributed by atoms with Crippen molar-refractivity contribution in [2.24, 2.45) is 13.0 Å². The number of carbonyl (C=O) groups is 2. The van der Waals surface area contributed by atoms with Crippen LogP contribution in [0, 0.1) is 11.7 Å². The Morgan fingerprint density at radius 1 is 1.10 bits per heavy atom. The first-order valence-electron chi connectivity index (χ1n) is 10.2. The van der Waals surface area contributed by atoms with Gasteiger partial charge in [-0.1, -0.05) is 27.2 Å². The van der Waals surface area contributed by atoms with Crippen LogP contribution in [-0.4, -0.2) is 45.8 Å². The molecule has 0 bridgehead atoms. The second kappa shape index (κ2) is 10.8. The predicted molar refractivity (Wildman–Crippen MR) is 113 cm³/mol. The molecule has 0 spiro atoms. The summed E-state index contributed by atoms with van der Waals surface area (Å²) in [6.07, 6.45) is 3.68. The Hall–Kier alpha value is -2.63. The molecule has 6 heteroatoms. The van der Waals surface area contributed by atoms with E-state index in [0.717, 1.165) is 18.5 Å². The number of aromatic nitrogens is 1.